The molecule has 1 rings (SSSR count). The van der Waals surface area contributed by atoms with Crippen LogP contribution in [0.4, 0.5) is 0 Å². The maximum absolute atomic E-state index is 11.6. The van der Waals surface area contributed by atoms with Gasteiger partial charge in [-0.2, -0.15) is 0 Å². The third-order valence-corrected chi connectivity index (χ3v) is 2.47. The number of carbonyl (C=O) groups excluding carboxylic acids is 1. The van der Waals surface area contributed by atoms with Gasteiger partial charge in [0.1, 0.15) is 5.76 Å². The van der Waals surface area contributed by atoms with Crippen LogP contribution in [0.25, 0.3) is 0 Å². The van der Waals surface area contributed by atoms with Crippen molar-refractivity contribution in [2.75, 3.05) is 7.11 Å². The lowest BCUT2D eigenvalue weighted by molar-refractivity contribution is -0.126. The van der Waals surface area contributed by atoms with Crippen molar-refractivity contribution in [1.82, 2.24) is 5.32 Å². The van der Waals surface area contributed by atoms with Gasteiger partial charge in [0.2, 0.25) is 11.7 Å². The van der Waals surface area contributed by atoms with E-state index in [-0.39, 0.29) is 24.6 Å². The van der Waals surface area contributed by atoms with Gasteiger partial charge in [-0.25, -0.2) is 4.79 Å². The van der Waals surface area contributed by atoms with E-state index in [0.717, 1.165) is 0 Å². The Morgan fingerprint density at radius 3 is 2.61 bits per heavy atom. The van der Waals surface area contributed by atoms with Crippen molar-refractivity contribution in [3.63, 3.8) is 0 Å². The summed E-state index contributed by atoms with van der Waals surface area (Å²) in [6.45, 7) is 3.77. The molecule has 2 N–H and O–H groups in total. The molecule has 1 amide bonds. The van der Waals surface area contributed by atoms with Crippen LogP contribution in [0, 0.1) is 0 Å². The van der Waals surface area contributed by atoms with Gasteiger partial charge in [0.25, 0.3) is 0 Å². The average molecular weight is 255 g/mol. The Hall–Kier alpha value is -1.82. The van der Waals surface area contributed by atoms with Crippen LogP contribution in [0.1, 0.15) is 36.6 Å². The van der Waals surface area contributed by atoms with Crippen LogP contribution in [0.15, 0.2) is 16.5 Å². The predicted molar refractivity (Wildman–Crippen MR) is 63.2 cm³/mol. The first kappa shape index (κ1) is 14.2. The minimum atomic E-state index is -1.13. The van der Waals surface area contributed by atoms with E-state index in [9.17, 15) is 9.59 Å². The van der Waals surface area contributed by atoms with Crippen molar-refractivity contribution in [2.24, 2.45) is 0 Å². The van der Waals surface area contributed by atoms with E-state index in [4.69, 9.17) is 14.3 Å². The third kappa shape index (κ3) is 4.21. The normalized spacial score (nSPS) is 11.3. The maximum Gasteiger partial charge on any atom is 0.371 e. The summed E-state index contributed by atoms with van der Waals surface area (Å²) in [6, 6.07) is 2.87. The fourth-order valence-electron chi connectivity index (χ4n) is 1.29. The van der Waals surface area contributed by atoms with Crippen molar-refractivity contribution >= 4 is 11.9 Å². The fraction of sp³-hybridized carbons (Fsp3) is 0.500. The predicted octanol–water partition coefficient (Wildman–Crippen LogP) is 1.41. The molecule has 0 unspecified atom stereocenters. The van der Waals surface area contributed by atoms with E-state index in [1.54, 1.807) is 7.11 Å². The molecule has 0 saturated heterocycles. The summed E-state index contributed by atoms with van der Waals surface area (Å²) in [4.78, 5) is 22.2. The first-order chi connectivity index (χ1) is 8.34. The van der Waals surface area contributed by atoms with E-state index in [0.29, 0.717) is 5.76 Å². The number of amides is 1. The molecule has 0 bridgehead atoms. The molecule has 0 atom stereocenters. The molecule has 0 radical (unpaired) electrons. The van der Waals surface area contributed by atoms with Crippen molar-refractivity contribution in [3.8, 4) is 0 Å². The molecule has 1 aromatic heterocycles. The number of ether oxygens (including phenoxy) is 1. The standard InChI is InChI=1S/C12H17NO5/c1-12(2,17-3)6-10(14)13-7-8-4-5-9(18-8)11(15)16/h4-5H,6-7H2,1-3H3,(H,13,14)(H,15,16). The lowest BCUT2D eigenvalue weighted by Crippen LogP contribution is -2.33. The number of furan rings is 1. The lowest BCUT2D eigenvalue weighted by Gasteiger charge is -2.21. The second kappa shape index (κ2) is 5.68. The maximum atomic E-state index is 11.6. The zero-order chi connectivity index (χ0) is 13.8. The van der Waals surface area contributed by atoms with Crippen LogP contribution < -0.4 is 5.32 Å². The molecule has 6 heteroatoms. The summed E-state index contributed by atoms with van der Waals surface area (Å²) in [5.41, 5.74) is -0.528. The minimum Gasteiger partial charge on any atom is -0.475 e. The number of hydrogen-bond acceptors (Lipinski definition) is 4. The number of aromatic carboxylic acids is 1. The summed E-state index contributed by atoms with van der Waals surface area (Å²) >= 11 is 0. The van der Waals surface area contributed by atoms with Crippen molar-refractivity contribution in [1.29, 1.82) is 0 Å². The SMILES string of the molecule is COC(C)(C)CC(=O)NCc1ccc(C(=O)O)o1. The largest absolute Gasteiger partial charge is 0.475 e. The summed E-state index contributed by atoms with van der Waals surface area (Å²) in [7, 11) is 1.54. The fourth-order valence-corrected chi connectivity index (χ4v) is 1.29. The van der Waals surface area contributed by atoms with Crippen molar-refractivity contribution in [2.45, 2.75) is 32.4 Å². The number of nitrogens with one attached hydrogen (secondary N) is 1. The molecule has 0 aromatic carbocycles. The molecule has 0 aliphatic heterocycles. The monoisotopic (exact) mass is 255 g/mol. The van der Waals surface area contributed by atoms with E-state index in [1.165, 1.54) is 12.1 Å². The van der Waals surface area contributed by atoms with Crippen molar-refractivity contribution in [3.05, 3.63) is 23.7 Å². The molecule has 1 heterocycles. The number of hydrogen-bond donors (Lipinski definition) is 2. The highest BCUT2D eigenvalue weighted by Gasteiger charge is 2.21. The third-order valence-electron chi connectivity index (χ3n) is 2.47. The molecular weight excluding hydrogens is 238 g/mol. The van der Waals surface area contributed by atoms with Gasteiger partial charge in [-0.3, -0.25) is 4.79 Å². The number of methoxy groups -OCH3 is 1. The second-order valence-corrected chi connectivity index (χ2v) is 4.49. The Balaban J connectivity index is 2.45. The Morgan fingerprint density at radius 2 is 2.11 bits per heavy atom. The van der Waals surface area contributed by atoms with Crippen LogP contribution in [0.3, 0.4) is 0 Å². The van der Waals surface area contributed by atoms with Gasteiger partial charge < -0.3 is 19.6 Å². The van der Waals surface area contributed by atoms with Crippen LogP contribution in [-0.4, -0.2) is 29.7 Å². The van der Waals surface area contributed by atoms with E-state index < -0.39 is 11.6 Å². The highest BCUT2D eigenvalue weighted by molar-refractivity contribution is 5.84. The highest BCUT2D eigenvalue weighted by Crippen LogP contribution is 2.13. The summed E-state index contributed by atoms with van der Waals surface area (Å²) in [5.74, 6) is -1.06. The molecule has 100 valence electrons. The highest BCUT2D eigenvalue weighted by atomic mass is 16.5. The molecule has 18 heavy (non-hydrogen) atoms. The average Bonchev–Trinajstić information content (AvgIpc) is 2.74. The number of carbonyl (C=O) groups is 2. The zero-order valence-electron chi connectivity index (χ0n) is 10.6. The molecule has 0 aliphatic rings. The second-order valence-electron chi connectivity index (χ2n) is 4.49. The van der Waals surface area contributed by atoms with Gasteiger partial charge in [-0.15, -0.1) is 0 Å². The Bertz CT molecular complexity index is 435. The van der Waals surface area contributed by atoms with Gasteiger partial charge in [-0.05, 0) is 26.0 Å². The smallest absolute Gasteiger partial charge is 0.371 e. The summed E-state index contributed by atoms with van der Waals surface area (Å²) in [6.07, 6.45) is 0.218. The minimum absolute atomic E-state index is 0.142. The quantitative estimate of drug-likeness (QED) is 0.802. The molecular formula is C12H17NO5. The topological polar surface area (TPSA) is 88.8 Å². The summed E-state index contributed by atoms with van der Waals surface area (Å²) in [5, 5.41) is 11.3. The van der Waals surface area contributed by atoms with Gasteiger partial charge >= 0.3 is 5.97 Å². The molecule has 0 spiro atoms. The first-order valence-corrected chi connectivity index (χ1v) is 5.48. The molecule has 0 aliphatic carbocycles. The zero-order valence-corrected chi connectivity index (χ0v) is 10.6. The van der Waals surface area contributed by atoms with Gasteiger partial charge in [0, 0.05) is 7.11 Å². The Labute approximate surface area is 105 Å². The number of carboxylic acid groups (broad SMARTS) is 1. The molecule has 0 saturated carbocycles. The van der Waals surface area contributed by atoms with Crippen LogP contribution in [-0.2, 0) is 16.1 Å². The van der Waals surface area contributed by atoms with Gasteiger partial charge in [-0.1, -0.05) is 0 Å². The van der Waals surface area contributed by atoms with E-state index in [1.807, 2.05) is 13.8 Å². The van der Waals surface area contributed by atoms with Gasteiger partial charge in [0.05, 0.1) is 18.6 Å². The number of carboxylic acids is 1. The van der Waals surface area contributed by atoms with Crippen LogP contribution in [0.2, 0.25) is 0 Å². The summed E-state index contributed by atoms with van der Waals surface area (Å²) < 4.78 is 10.1. The van der Waals surface area contributed by atoms with E-state index >= 15 is 0 Å². The van der Waals surface area contributed by atoms with E-state index in [2.05, 4.69) is 5.32 Å². The van der Waals surface area contributed by atoms with Crippen molar-refractivity contribution < 1.29 is 23.8 Å². The van der Waals surface area contributed by atoms with Crippen LogP contribution in [0.5, 0.6) is 0 Å². The Kier molecular flexibility index (Phi) is 4.49. The molecule has 6 nitrogen and oxygen atoms in total. The van der Waals surface area contributed by atoms with Gasteiger partial charge in [0.15, 0.2) is 0 Å². The van der Waals surface area contributed by atoms with Crippen LogP contribution >= 0.6 is 0 Å². The lowest BCUT2D eigenvalue weighted by atomic mass is 10.1. The molecule has 0 fully saturated rings. The number of rotatable bonds is 6. The molecule has 1 aromatic rings. The Morgan fingerprint density at radius 1 is 1.44 bits per heavy atom. The first-order valence-electron chi connectivity index (χ1n) is 5.48.